The number of hydrogen-bond acceptors (Lipinski definition) is 6. The third-order valence-corrected chi connectivity index (χ3v) is 3.08. The van der Waals surface area contributed by atoms with Crippen molar-refractivity contribution in [2.45, 2.75) is 19.9 Å². The number of likely N-dealkylation sites (N-methyl/N-ethyl adjacent to an activating group) is 1. The highest BCUT2D eigenvalue weighted by Crippen LogP contribution is 2.19. The molecule has 1 unspecified atom stereocenters. The van der Waals surface area contributed by atoms with Gasteiger partial charge in [0.1, 0.15) is 11.6 Å². The zero-order valence-corrected chi connectivity index (χ0v) is 12.1. The Morgan fingerprint density at radius 3 is 2.90 bits per heavy atom. The summed E-state index contributed by atoms with van der Waals surface area (Å²) in [6.07, 6.45) is 1.55. The van der Waals surface area contributed by atoms with Gasteiger partial charge in [-0.2, -0.15) is 9.97 Å². The molecule has 0 spiro atoms. The molecule has 1 amide bonds. The number of nitrogens with zero attached hydrogens (tertiary/aromatic N) is 4. The van der Waals surface area contributed by atoms with E-state index >= 15 is 0 Å². The molecule has 8 heteroatoms. The summed E-state index contributed by atoms with van der Waals surface area (Å²) in [5.41, 5.74) is 1.23. The summed E-state index contributed by atoms with van der Waals surface area (Å²) in [5, 5.41) is 5.98. The standard InChI is InChI=1S/C12H19N7O/c1-5-19(4)11(20)7(2)16-10-8-9(15-6-14-8)17-12(13-3)18-10/h6-7H,5H2,1-4H3,(H3,13,14,15,16,17,18). The predicted molar refractivity (Wildman–Crippen MR) is 77.6 cm³/mol. The maximum atomic E-state index is 12.1. The molecule has 0 saturated carbocycles. The summed E-state index contributed by atoms with van der Waals surface area (Å²) < 4.78 is 0. The fourth-order valence-corrected chi connectivity index (χ4v) is 1.80. The minimum absolute atomic E-state index is 0.00443. The average molecular weight is 277 g/mol. The van der Waals surface area contributed by atoms with Crippen LogP contribution in [0.1, 0.15) is 13.8 Å². The van der Waals surface area contributed by atoms with E-state index in [4.69, 9.17) is 0 Å². The van der Waals surface area contributed by atoms with Crippen molar-refractivity contribution in [1.82, 2.24) is 24.8 Å². The number of aromatic nitrogens is 4. The van der Waals surface area contributed by atoms with Gasteiger partial charge in [-0.1, -0.05) is 0 Å². The average Bonchev–Trinajstić information content (AvgIpc) is 2.93. The molecule has 0 saturated heterocycles. The minimum atomic E-state index is -0.383. The van der Waals surface area contributed by atoms with Crippen molar-refractivity contribution in [3.05, 3.63) is 6.33 Å². The monoisotopic (exact) mass is 277 g/mol. The predicted octanol–water partition coefficient (Wildman–Crippen LogP) is 0.673. The van der Waals surface area contributed by atoms with E-state index in [1.54, 1.807) is 32.2 Å². The number of imidazole rings is 1. The number of fused-ring (bicyclic) bond motifs is 1. The van der Waals surface area contributed by atoms with Crippen LogP contribution in [0, 0.1) is 0 Å². The fraction of sp³-hybridized carbons (Fsp3) is 0.500. The Hall–Kier alpha value is -2.38. The first-order valence-corrected chi connectivity index (χ1v) is 6.47. The third kappa shape index (κ3) is 2.63. The SMILES string of the molecule is CCN(C)C(=O)C(C)Nc1nc(NC)nc2nc[nH]c12. The zero-order valence-electron chi connectivity index (χ0n) is 12.1. The normalized spacial score (nSPS) is 12.2. The molecule has 0 fully saturated rings. The van der Waals surface area contributed by atoms with Gasteiger partial charge in [-0.15, -0.1) is 0 Å². The second kappa shape index (κ2) is 5.72. The van der Waals surface area contributed by atoms with Gasteiger partial charge in [-0.05, 0) is 13.8 Å². The molecule has 0 aliphatic heterocycles. The van der Waals surface area contributed by atoms with Crippen molar-refractivity contribution in [3.63, 3.8) is 0 Å². The lowest BCUT2D eigenvalue weighted by Gasteiger charge is -2.21. The van der Waals surface area contributed by atoms with E-state index < -0.39 is 0 Å². The van der Waals surface area contributed by atoms with E-state index in [9.17, 15) is 4.79 Å². The summed E-state index contributed by atoms with van der Waals surface area (Å²) in [4.78, 5) is 29.4. The van der Waals surface area contributed by atoms with E-state index in [0.29, 0.717) is 29.5 Å². The molecule has 3 N–H and O–H groups in total. The van der Waals surface area contributed by atoms with Crippen LogP contribution in [0.4, 0.5) is 11.8 Å². The highest BCUT2D eigenvalue weighted by atomic mass is 16.2. The molecule has 0 bridgehead atoms. The summed E-state index contributed by atoms with van der Waals surface area (Å²) in [7, 11) is 3.50. The van der Waals surface area contributed by atoms with Crippen molar-refractivity contribution < 1.29 is 4.79 Å². The minimum Gasteiger partial charge on any atom is -0.357 e. The molecule has 8 nitrogen and oxygen atoms in total. The van der Waals surface area contributed by atoms with Gasteiger partial charge in [-0.3, -0.25) is 4.79 Å². The van der Waals surface area contributed by atoms with Crippen molar-refractivity contribution in [3.8, 4) is 0 Å². The van der Waals surface area contributed by atoms with Gasteiger partial charge in [0.15, 0.2) is 11.5 Å². The summed E-state index contributed by atoms with van der Waals surface area (Å²) in [6.45, 7) is 4.40. The maximum Gasteiger partial charge on any atom is 0.244 e. The van der Waals surface area contributed by atoms with Gasteiger partial charge in [0.2, 0.25) is 11.9 Å². The first-order valence-electron chi connectivity index (χ1n) is 6.47. The van der Waals surface area contributed by atoms with Crippen LogP contribution in [0.5, 0.6) is 0 Å². The summed E-state index contributed by atoms with van der Waals surface area (Å²) in [5.74, 6) is 1.02. The molecular formula is C12H19N7O. The molecule has 0 radical (unpaired) electrons. The zero-order chi connectivity index (χ0) is 14.7. The van der Waals surface area contributed by atoms with Gasteiger partial charge < -0.3 is 20.5 Å². The van der Waals surface area contributed by atoms with E-state index in [1.807, 2.05) is 6.92 Å². The second-order valence-corrected chi connectivity index (χ2v) is 4.47. The second-order valence-electron chi connectivity index (χ2n) is 4.47. The number of H-pyrrole nitrogens is 1. The fourth-order valence-electron chi connectivity index (χ4n) is 1.80. The third-order valence-electron chi connectivity index (χ3n) is 3.08. The molecule has 1 atom stereocenters. The van der Waals surface area contributed by atoms with Crippen LogP contribution in [-0.4, -0.2) is 57.4 Å². The maximum absolute atomic E-state index is 12.1. The van der Waals surface area contributed by atoms with Crippen molar-refractivity contribution >= 4 is 28.8 Å². The molecule has 108 valence electrons. The number of aromatic amines is 1. The number of nitrogens with one attached hydrogen (secondary N) is 3. The Morgan fingerprint density at radius 2 is 2.25 bits per heavy atom. The van der Waals surface area contributed by atoms with Crippen molar-refractivity contribution in [1.29, 1.82) is 0 Å². The van der Waals surface area contributed by atoms with Crippen LogP contribution in [0.3, 0.4) is 0 Å². The van der Waals surface area contributed by atoms with Crippen LogP contribution in [0.25, 0.3) is 11.2 Å². The van der Waals surface area contributed by atoms with Crippen LogP contribution >= 0.6 is 0 Å². The molecule has 20 heavy (non-hydrogen) atoms. The van der Waals surface area contributed by atoms with Crippen molar-refractivity contribution in [2.75, 3.05) is 31.3 Å². The van der Waals surface area contributed by atoms with Crippen molar-refractivity contribution in [2.24, 2.45) is 0 Å². The number of carbonyl (C=O) groups excluding carboxylic acids is 1. The van der Waals surface area contributed by atoms with Crippen LogP contribution in [0.15, 0.2) is 6.33 Å². The van der Waals surface area contributed by atoms with E-state index in [0.717, 1.165) is 0 Å². The Morgan fingerprint density at radius 1 is 1.50 bits per heavy atom. The first-order chi connectivity index (χ1) is 9.56. The van der Waals surface area contributed by atoms with E-state index in [2.05, 4.69) is 30.6 Å². The van der Waals surface area contributed by atoms with E-state index in [1.165, 1.54) is 0 Å². The Labute approximate surface area is 117 Å². The number of carbonyl (C=O) groups is 1. The summed E-state index contributed by atoms with van der Waals surface area (Å²) in [6, 6.07) is -0.383. The molecule has 2 aromatic rings. The lowest BCUT2D eigenvalue weighted by atomic mass is 10.3. The van der Waals surface area contributed by atoms with Crippen LogP contribution in [0.2, 0.25) is 0 Å². The quantitative estimate of drug-likeness (QED) is 0.743. The largest absolute Gasteiger partial charge is 0.357 e. The Kier molecular flexibility index (Phi) is 4.02. The molecule has 0 aromatic carbocycles. The number of amides is 1. The summed E-state index contributed by atoms with van der Waals surface area (Å²) >= 11 is 0. The molecule has 0 aliphatic rings. The van der Waals surface area contributed by atoms with Gasteiger partial charge in [0, 0.05) is 20.6 Å². The highest BCUT2D eigenvalue weighted by Gasteiger charge is 2.19. The lowest BCUT2D eigenvalue weighted by molar-refractivity contribution is -0.130. The van der Waals surface area contributed by atoms with Gasteiger partial charge in [-0.25, -0.2) is 4.98 Å². The van der Waals surface area contributed by atoms with Crippen LogP contribution < -0.4 is 10.6 Å². The van der Waals surface area contributed by atoms with Crippen LogP contribution in [-0.2, 0) is 4.79 Å². The Bertz CT molecular complexity index is 609. The molecule has 2 heterocycles. The topological polar surface area (TPSA) is 98.8 Å². The lowest BCUT2D eigenvalue weighted by Crippen LogP contribution is -2.39. The molecular weight excluding hydrogens is 258 g/mol. The van der Waals surface area contributed by atoms with E-state index in [-0.39, 0.29) is 11.9 Å². The number of hydrogen-bond donors (Lipinski definition) is 3. The highest BCUT2D eigenvalue weighted by molar-refractivity contribution is 5.89. The Balaban J connectivity index is 2.28. The number of anilines is 2. The van der Waals surface area contributed by atoms with Gasteiger partial charge in [0.25, 0.3) is 0 Å². The first kappa shape index (κ1) is 14.0. The van der Waals surface area contributed by atoms with Gasteiger partial charge in [0.05, 0.1) is 6.33 Å². The molecule has 0 aliphatic carbocycles. The molecule has 2 aromatic heterocycles. The molecule has 2 rings (SSSR count). The van der Waals surface area contributed by atoms with Gasteiger partial charge >= 0.3 is 0 Å². The smallest absolute Gasteiger partial charge is 0.244 e. The number of rotatable bonds is 5.